The number of aromatic nitrogens is 2. The second-order valence-electron chi connectivity index (χ2n) is 6.34. The van der Waals surface area contributed by atoms with Crippen LogP contribution in [-0.4, -0.2) is 45.1 Å². The monoisotopic (exact) mass is 372 g/mol. The molecule has 1 aliphatic heterocycles. The van der Waals surface area contributed by atoms with E-state index in [1.807, 2.05) is 12.1 Å². The summed E-state index contributed by atoms with van der Waals surface area (Å²) in [4.78, 5) is 21.5. The van der Waals surface area contributed by atoms with E-state index in [-0.39, 0.29) is 0 Å². The smallest absolute Gasteiger partial charge is 0.328 e. The molecule has 1 atom stereocenters. The van der Waals surface area contributed by atoms with Crippen LogP contribution < -0.4 is 5.32 Å². The fourth-order valence-electron chi connectivity index (χ4n) is 3.03. The van der Waals surface area contributed by atoms with Crippen LogP contribution in [0, 0.1) is 0 Å². The molecule has 136 valence electrons. The lowest BCUT2D eigenvalue weighted by atomic mass is 10.0. The lowest BCUT2D eigenvalue weighted by molar-refractivity contribution is -0.131. The van der Waals surface area contributed by atoms with Gasteiger partial charge in [-0.1, -0.05) is 23.7 Å². The number of benzene rings is 1. The number of carbonyl (C=O) groups is 1. The number of likely N-dealkylation sites (tertiary alicyclic amines) is 1. The topological polar surface area (TPSA) is 78.3 Å². The van der Waals surface area contributed by atoms with Crippen LogP contribution in [0.4, 0.5) is 5.82 Å². The SMILES string of the molecule is O=C(O)/C=C/c1cnc(N[C@@H]2CCCN(Cc3ccc(Cl)cc3)C2)cn1. The number of hydrogen-bond donors (Lipinski definition) is 2. The molecule has 6 nitrogen and oxygen atoms in total. The van der Waals surface area contributed by atoms with Crippen LogP contribution in [0.15, 0.2) is 42.7 Å². The molecule has 0 amide bonds. The third-order valence-electron chi connectivity index (χ3n) is 4.25. The fourth-order valence-corrected chi connectivity index (χ4v) is 3.16. The van der Waals surface area contributed by atoms with Gasteiger partial charge in [0.2, 0.25) is 0 Å². The van der Waals surface area contributed by atoms with Crippen LogP contribution in [-0.2, 0) is 11.3 Å². The van der Waals surface area contributed by atoms with Gasteiger partial charge in [-0.05, 0) is 43.2 Å². The molecular formula is C19H21ClN4O2. The average Bonchev–Trinajstić information content (AvgIpc) is 2.63. The number of nitrogens with zero attached hydrogens (tertiary/aromatic N) is 3. The molecule has 2 N–H and O–H groups in total. The normalized spacial score (nSPS) is 18.1. The summed E-state index contributed by atoms with van der Waals surface area (Å²) in [5.41, 5.74) is 1.77. The molecule has 1 aromatic carbocycles. The molecule has 3 rings (SSSR count). The number of carboxylic acids is 1. The summed E-state index contributed by atoms with van der Waals surface area (Å²) in [6, 6.07) is 8.28. The Balaban J connectivity index is 1.54. The van der Waals surface area contributed by atoms with E-state index in [2.05, 4.69) is 32.3 Å². The van der Waals surface area contributed by atoms with Crippen molar-refractivity contribution >= 4 is 29.5 Å². The minimum Gasteiger partial charge on any atom is -0.478 e. The molecule has 7 heteroatoms. The highest BCUT2D eigenvalue weighted by molar-refractivity contribution is 6.30. The predicted molar refractivity (Wildman–Crippen MR) is 102 cm³/mol. The van der Waals surface area contributed by atoms with Gasteiger partial charge >= 0.3 is 5.97 Å². The summed E-state index contributed by atoms with van der Waals surface area (Å²) < 4.78 is 0. The second-order valence-corrected chi connectivity index (χ2v) is 6.78. The lowest BCUT2D eigenvalue weighted by Gasteiger charge is -2.33. The van der Waals surface area contributed by atoms with Crippen LogP contribution in [0.5, 0.6) is 0 Å². The van der Waals surface area contributed by atoms with E-state index in [1.165, 1.54) is 11.6 Å². The van der Waals surface area contributed by atoms with E-state index in [0.717, 1.165) is 43.6 Å². The van der Waals surface area contributed by atoms with Gasteiger partial charge in [-0.2, -0.15) is 0 Å². The van der Waals surface area contributed by atoms with E-state index >= 15 is 0 Å². The van der Waals surface area contributed by atoms with Gasteiger partial charge < -0.3 is 10.4 Å². The van der Waals surface area contributed by atoms with Crippen molar-refractivity contribution in [2.75, 3.05) is 18.4 Å². The van der Waals surface area contributed by atoms with Gasteiger partial charge in [0, 0.05) is 30.2 Å². The van der Waals surface area contributed by atoms with E-state index in [1.54, 1.807) is 12.4 Å². The summed E-state index contributed by atoms with van der Waals surface area (Å²) in [5, 5.41) is 12.8. The summed E-state index contributed by atoms with van der Waals surface area (Å²) in [7, 11) is 0. The third-order valence-corrected chi connectivity index (χ3v) is 4.50. The van der Waals surface area contributed by atoms with Crippen LogP contribution in [0.3, 0.4) is 0 Å². The molecule has 0 unspecified atom stereocenters. The first-order chi connectivity index (χ1) is 12.6. The average molecular weight is 373 g/mol. The van der Waals surface area contributed by atoms with Crippen LogP contribution in [0.2, 0.25) is 5.02 Å². The Kier molecular flexibility index (Phi) is 6.20. The number of hydrogen-bond acceptors (Lipinski definition) is 5. The standard InChI is InChI=1S/C19H21ClN4O2/c20-15-5-3-14(4-6-15)12-24-9-1-2-17(13-24)23-18-11-21-16(10-22-18)7-8-19(25)26/h3-8,10-11,17H,1-2,9,12-13H2,(H,22,23)(H,25,26)/b8-7+/t17-/m1/s1. The van der Waals surface area contributed by atoms with Gasteiger partial charge in [-0.3, -0.25) is 9.88 Å². The van der Waals surface area contributed by atoms with Crippen molar-refractivity contribution in [2.24, 2.45) is 0 Å². The predicted octanol–water partition coefficient (Wildman–Crippen LogP) is 3.30. The molecule has 0 saturated carbocycles. The van der Waals surface area contributed by atoms with Crippen molar-refractivity contribution in [3.63, 3.8) is 0 Å². The quantitative estimate of drug-likeness (QED) is 0.757. The zero-order valence-electron chi connectivity index (χ0n) is 14.3. The van der Waals surface area contributed by atoms with E-state index in [0.29, 0.717) is 17.6 Å². The zero-order valence-corrected chi connectivity index (χ0v) is 15.1. The summed E-state index contributed by atoms with van der Waals surface area (Å²) >= 11 is 5.94. The Morgan fingerprint density at radius 1 is 1.31 bits per heavy atom. The minimum absolute atomic E-state index is 0.311. The first-order valence-corrected chi connectivity index (χ1v) is 8.93. The van der Waals surface area contributed by atoms with E-state index in [4.69, 9.17) is 16.7 Å². The Morgan fingerprint density at radius 2 is 2.12 bits per heavy atom. The third kappa shape index (κ3) is 5.54. The number of rotatable bonds is 6. The van der Waals surface area contributed by atoms with E-state index in [9.17, 15) is 4.79 Å². The Labute approximate surface area is 157 Å². The van der Waals surface area contributed by atoms with Crippen molar-refractivity contribution in [3.8, 4) is 0 Å². The number of aliphatic carboxylic acids is 1. The Morgan fingerprint density at radius 3 is 2.81 bits per heavy atom. The zero-order chi connectivity index (χ0) is 18.4. The molecule has 2 aromatic rings. The van der Waals surface area contributed by atoms with Gasteiger partial charge in [0.25, 0.3) is 0 Å². The first kappa shape index (κ1) is 18.4. The molecule has 0 bridgehead atoms. The summed E-state index contributed by atoms with van der Waals surface area (Å²) in [6.45, 7) is 2.91. The molecular weight excluding hydrogens is 352 g/mol. The maximum atomic E-state index is 10.5. The maximum Gasteiger partial charge on any atom is 0.328 e. The molecule has 1 aliphatic rings. The van der Waals surface area contributed by atoms with E-state index < -0.39 is 5.97 Å². The number of carboxylic acid groups (broad SMARTS) is 1. The summed E-state index contributed by atoms with van der Waals surface area (Å²) in [5.74, 6) is -0.298. The number of nitrogens with one attached hydrogen (secondary N) is 1. The van der Waals surface area contributed by atoms with Crippen molar-refractivity contribution in [2.45, 2.75) is 25.4 Å². The second kappa shape index (κ2) is 8.78. The van der Waals surface area contributed by atoms with Crippen molar-refractivity contribution < 1.29 is 9.90 Å². The lowest BCUT2D eigenvalue weighted by Crippen LogP contribution is -2.41. The molecule has 26 heavy (non-hydrogen) atoms. The number of piperidine rings is 1. The van der Waals surface area contributed by atoms with Crippen molar-refractivity contribution in [3.05, 3.63) is 59.0 Å². The fraction of sp³-hybridized carbons (Fsp3) is 0.316. The number of anilines is 1. The molecule has 2 heterocycles. The molecule has 1 saturated heterocycles. The highest BCUT2D eigenvalue weighted by Crippen LogP contribution is 2.18. The number of halogens is 1. The van der Waals surface area contributed by atoms with Crippen molar-refractivity contribution in [1.82, 2.24) is 14.9 Å². The highest BCUT2D eigenvalue weighted by atomic mass is 35.5. The Bertz CT molecular complexity index is 762. The van der Waals surface area contributed by atoms with Gasteiger partial charge in [-0.15, -0.1) is 0 Å². The van der Waals surface area contributed by atoms with Gasteiger partial charge in [0.05, 0.1) is 18.1 Å². The highest BCUT2D eigenvalue weighted by Gasteiger charge is 2.20. The van der Waals surface area contributed by atoms with Gasteiger partial charge in [-0.25, -0.2) is 9.78 Å². The van der Waals surface area contributed by atoms with Crippen LogP contribution in [0.25, 0.3) is 6.08 Å². The van der Waals surface area contributed by atoms with Crippen LogP contribution >= 0.6 is 11.6 Å². The van der Waals surface area contributed by atoms with Crippen LogP contribution in [0.1, 0.15) is 24.1 Å². The maximum absolute atomic E-state index is 10.5. The van der Waals surface area contributed by atoms with Gasteiger partial charge in [0.15, 0.2) is 0 Å². The minimum atomic E-state index is -1.00. The van der Waals surface area contributed by atoms with Gasteiger partial charge in [0.1, 0.15) is 5.82 Å². The largest absolute Gasteiger partial charge is 0.478 e. The molecule has 0 radical (unpaired) electrons. The molecule has 1 aromatic heterocycles. The first-order valence-electron chi connectivity index (χ1n) is 8.55. The molecule has 0 spiro atoms. The van der Waals surface area contributed by atoms with Crippen molar-refractivity contribution in [1.29, 1.82) is 0 Å². The molecule has 0 aliphatic carbocycles. The summed E-state index contributed by atoms with van der Waals surface area (Å²) in [6.07, 6.45) is 7.88. The Hall–Kier alpha value is -2.44. The molecule has 1 fully saturated rings.